The first-order valence-corrected chi connectivity index (χ1v) is 3.49. The lowest BCUT2D eigenvalue weighted by atomic mass is 9.95. The van der Waals surface area contributed by atoms with Gasteiger partial charge in [-0.25, -0.2) is 0 Å². The normalized spacial score (nSPS) is 19.6. The number of aliphatic hydroxyl groups excluding tert-OH is 1. The van der Waals surface area contributed by atoms with E-state index in [1.165, 1.54) is 0 Å². The Bertz CT molecular complexity index is 106. The fourth-order valence-electron chi connectivity index (χ4n) is 1.03. The molecule has 10 heavy (non-hydrogen) atoms. The highest BCUT2D eigenvalue weighted by Gasteiger charge is 2.20. The van der Waals surface area contributed by atoms with Gasteiger partial charge < -0.3 is 10.2 Å². The number of hydrogen-bond donors (Lipinski definition) is 2. The van der Waals surface area contributed by atoms with Crippen molar-refractivity contribution in [2.45, 2.75) is 38.4 Å². The summed E-state index contributed by atoms with van der Waals surface area (Å²) in [5.74, 6) is 0. The molecule has 0 aromatic carbocycles. The topological polar surface area (TPSA) is 40.5 Å². The Morgan fingerprint density at radius 3 is 2.50 bits per heavy atom. The molecule has 2 atom stereocenters. The van der Waals surface area contributed by atoms with Crippen molar-refractivity contribution in [2.75, 3.05) is 0 Å². The average Bonchev–Trinajstić information content (AvgIpc) is 1.59. The highest BCUT2D eigenvalue weighted by Crippen LogP contribution is 2.16. The molecule has 0 bridgehead atoms. The summed E-state index contributed by atoms with van der Waals surface area (Å²) in [6, 6.07) is 0. The minimum atomic E-state index is -0.796. The van der Waals surface area contributed by atoms with Crippen LogP contribution in [0.2, 0.25) is 0 Å². The van der Waals surface area contributed by atoms with Gasteiger partial charge in [0, 0.05) is 6.42 Å². The van der Waals surface area contributed by atoms with Crippen LogP contribution in [0.5, 0.6) is 0 Å². The Morgan fingerprint density at radius 2 is 2.20 bits per heavy atom. The Morgan fingerprint density at radius 1 is 1.70 bits per heavy atom. The zero-order valence-electron chi connectivity index (χ0n) is 6.67. The molecule has 2 N–H and O–H groups in total. The van der Waals surface area contributed by atoms with Crippen LogP contribution in [-0.4, -0.2) is 21.9 Å². The van der Waals surface area contributed by atoms with Crippen molar-refractivity contribution >= 4 is 0 Å². The van der Waals surface area contributed by atoms with Crippen LogP contribution in [0.3, 0.4) is 0 Å². The molecule has 0 amide bonds. The maximum atomic E-state index is 9.45. The Kier molecular flexibility index (Phi) is 3.61. The molecule has 0 fully saturated rings. The maximum Gasteiger partial charge on any atom is 0.0678 e. The van der Waals surface area contributed by atoms with Gasteiger partial charge in [0.1, 0.15) is 0 Å². The summed E-state index contributed by atoms with van der Waals surface area (Å²) in [4.78, 5) is 0. The number of hydrogen-bond acceptors (Lipinski definition) is 2. The second-order valence-corrected chi connectivity index (χ2v) is 3.04. The summed E-state index contributed by atoms with van der Waals surface area (Å²) in [5, 5.41) is 18.4. The third-order valence-corrected chi connectivity index (χ3v) is 1.32. The van der Waals surface area contributed by atoms with Crippen molar-refractivity contribution in [3.8, 4) is 0 Å². The summed E-state index contributed by atoms with van der Waals surface area (Å²) in [6.45, 7) is 6.87. The van der Waals surface area contributed by atoms with E-state index in [1.807, 2.05) is 0 Å². The molecule has 60 valence electrons. The monoisotopic (exact) mass is 144 g/mol. The molecule has 0 aromatic heterocycles. The van der Waals surface area contributed by atoms with Gasteiger partial charge in [-0.15, -0.1) is 6.58 Å². The molecule has 0 spiro atoms. The van der Waals surface area contributed by atoms with Gasteiger partial charge in [-0.3, -0.25) is 0 Å². The third-order valence-electron chi connectivity index (χ3n) is 1.32. The third kappa shape index (κ3) is 4.53. The molecule has 2 heteroatoms. The van der Waals surface area contributed by atoms with Crippen molar-refractivity contribution < 1.29 is 10.2 Å². The van der Waals surface area contributed by atoms with Crippen molar-refractivity contribution in [2.24, 2.45) is 0 Å². The van der Waals surface area contributed by atoms with E-state index in [0.717, 1.165) is 0 Å². The highest BCUT2D eigenvalue weighted by atomic mass is 16.3. The molecule has 0 aromatic rings. The summed E-state index contributed by atoms with van der Waals surface area (Å²) < 4.78 is 0. The fourth-order valence-corrected chi connectivity index (χ4v) is 1.03. The van der Waals surface area contributed by atoms with Gasteiger partial charge in [-0.05, 0) is 20.3 Å². The molecule has 2 nitrogen and oxygen atoms in total. The smallest absolute Gasteiger partial charge is 0.0678 e. The molecule has 0 saturated heterocycles. The summed E-state index contributed by atoms with van der Waals surface area (Å²) in [6.07, 6.45) is 2.13. The van der Waals surface area contributed by atoms with E-state index in [9.17, 15) is 5.11 Å². The quantitative estimate of drug-likeness (QED) is 0.580. The second kappa shape index (κ2) is 3.74. The molecule has 2 unspecified atom stereocenters. The SMILES string of the molecule is C=CCC(C)(O)CC(C)O. The zero-order valence-corrected chi connectivity index (χ0v) is 6.67. The lowest BCUT2D eigenvalue weighted by Crippen LogP contribution is -2.27. The van der Waals surface area contributed by atoms with Crippen LogP contribution in [-0.2, 0) is 0 Å². The first-order valence-electron chi connectivity index (χ1n) is 3.49. The van der Waals surface area contributed by atoms with Crippen molar-refractivity contribution in [1.82, 2.24) is 0 Å². The molecular weight excluding hydrogens is 128 g/mol. The van der Waals surface area contributed by atoms with Crippen molar-refractivity contribution in [3.05, 3.63) is 12.7 Å². The van der Waals surface area contributed by atoms with Gasteiger partial charge in [0.15, 0.2) is 0 Å². The second-order valence-electron chi connectivity index (χ2n) is 3.04. The minimum Gasteiger partial charge on any atom is -0.393 e. The molecule has 0 rings (SSSR count). The largest absolute Gasteiger partial charge is 0.393 e. The number of aliphatic hydroxyl groups is 2. The molecular formula is C8H16O2. The maximum absolute atomic E-state index is 9.45. The van der Waals surface area contributed by atoms with E-state index in [-0.39, 0.29) is 0 Å². The van der Waals surface area contributed by atoms with Crippen LogP contribution in [0.25, 0.3) is 0 Å². The van der Waals surface area contributed by atoms with Gasteiger partial charge >= 0.3 is 0 Å². The van der Waals surface area contributed by atoms with Crippen molar-refractivity contribution in [1.29, 1.82) is 0 Å². The van der Waals surface area contributed by atoms with Gasteiger partial charge in [-0.1, -0.05) is 6.08 Å². The minimum absolute atomic E-state index is 0.402. The number of rotatable bonds is 4. The molecule has 0 aliphatic heterocycles. The van der Waals surface area contributed by atoms with Crippen LogP contribution < -0.4 is 0 Å². The van der Waals surface area contributed by atoms with E-state index in [2.05, 4.69) is 6.58 Å². The van der Waals surface area contributed by atoms with E-state index < -0.39 is 11.7 Å². The standard InChI is InChI=1S/C8H16O2/c1-4-5-8(3,10)6-7(2)9/h4,7,9-10H,1,5-6H2,2-3H3. The first-order chi connectivity index (χ1) is 4.48. The predicted octanol–water partition coefficient (Wildman–Crippen LogP) is 1.08. The lowest BCUT2D eigenvalue weighted by Gasteiger charge is -2.22. The average molecular weight is 144 g/mol. The van der Waals surface area contributed by atoms with Gasteiger partial charge in [0.2, 0.25) is 0 Å². The van der Waals surface area contributed by atoms with Crippen LogP contribution in [0.1, 0.15) is 26.7 Å². The van der Waals surface area contributed by atoms with E-state index >= 15 is 0 Å². The summed E-state index contributed by atoms with van der Waals surface area (Å²) in [5.41, 5.74) is -0.796. The van der Waals surface area contributed by atoms with Gasteiger partial charge in [0.05, 0.1) is 11.7 Å². The predicted molar refractivity (Wildman–Crippen MR) is 41.7 cm³/mol. The van der Waals surface area contributed by atoms with E-state index in [4.69, 9.17) is 5.11 Å². The molecule has 0 saturated carbocycles. The molecule has 0 heterocycles. The Labute approximate surface area is 62.2 Å². The van der Waals surface area contributed by atoms with Gasteiger partial charge in [-0.2, -0.15) is 0 Å². The molecule has 0 aliphatic rings. The summed E-state index contributed by atoms with van der Waals surface area (Å²) in [7, 11) is 0. The van der Waals surface area contributed by atoms with Crippen LogP contribution in [0, 0.1) is 0 Å². The van der Waals surface area contributed by atoms with E-state index in [1.54, 1.807) is 19.9 Å². The van der Waals surface area contributed by atoms with Gasteiger partial charge in [0.25, 0.3) is 0 Å². The molecule has 0 radical (unpaired) electrons. The van der Waals surface area contributed by atoms with Crippen LogP contribution in [0.4, 0.5) is 0 Å². The molecule has 0 aliphatic carbocycles. The first kappa shape index (κ1) is 9.66. The lowest BCUT2D eigenvalue weighted by molar-refractivity contribution is 0.0120. The Hall–Kier alpha value is -0.340. The Balaban J connectivity index is 3.73. The zero-order chi connectivity index (χ0) is 8.20. The van der Waals surface area contributed by atoms with Crippen molar-refractivity contribution in [3.63, 3.8) is 0 Å². The summed E-state index contributed by atoms with van der Waals surface area (Å²) >= 11 is 0. The van der Waals surface area contributed by atoms with Crippen LogP contribution in [0.15, 0.2) is 12.7 Å². The van der Waals surface area contributed by atoms with Crippen LogP contribution >= 0.6 is 0 Å². The fraction of sp³-hybridized carbons (Fsp3) is 0.750. The van der Waals surface area contributed by atoms with E-state index in [0.29, 0.717) is 12.8 Å². The highest BCUT2D eigenvalue weighted by molar-refractivity contribution is 4.83.